The smallest absolute Gasteiger partial charge is 0.858 e. The van der Waals surface area contributed by atoms with E-state index in [2.05, 4.69) is 40.8 Å². The Morgan fingerprint density at radius 1 is 0.511 bits per heavy atom. The Kier molecular flexibility index (Phi) is 20.6. The summed E-state index contributed by atoms with van der Waals surface area (Å²) in [6, 6.07) is 7.93. The minimum absolute atomic E-state index is 0. The van der Waals surface area contributed by atoms with E-state index in [1.165, 1.54) is 48.5 Å². The van der Waals surface area contributed by atoms with Crippen LogP contribution in [0.2, 0.25) is 0 Å². The summed E-state index contributed by atoms with van der Waals surface area (Å²) in [4.78, 5) is 30.6. The molecule has 0 amide bonds. The first kappa shape index (κ1) is 46.7. The normalized spacial score (nSPS) is 8.89. The van der Waals surface area contributed by atoms with Crippen molar-refractivity contribution in [2.24, 2.45) is 28.2 Å². The van der Waals surface area contributed by atoms with Gasteiger partial charge in [-0.2, -0.15) is 0 Å². The van der Waals surface area contributed by atoms with Gasteiger partial charge in [-0.25, -0.2) is 9.59 Å². The number of fused-ring (bicyclic) bond motifs is 2. The minimum atomic E-state index is -0.469. The standard InChI is InChI=1S/C10H8N2.2C6H7N5O2.Mn.6H2O/c1-5-11-6-2-9(1)10-3-7-12-8-4-10;2*1-10-4-3(7-9-8-4)5(12)11(2)6(10)13;;;;;;;/h1-8H;2*12H,1-2H3;;6*1H2/q;;;+2;;;;;;/p+4. The van der Waals surface area contributed by atoms with Gasteiger partial charge in [-0.3, -0.25) is 19.1 Å². The van der Waals surface area contributed by atoms with Crippen LogP contribution < -0.4 is 21.6 Å². The van der Waals surface area contributed by atoms with Crippen molar-refractivity contribution in [3.8, 4) is 45.9 Å². The van der Waals surface area contributed by atoms with Crippen LogP contribution in [0.1, 0.15) is 0 Å². The summed E-state index contributed by atoms with van der Waals surface area (Å²) >= 11 is 0. The maximum Gasteiger partial charge on any atom is 2.00 e. The second-order valence-electron chi connectivity index (χ2n) is 7.81. The van der Waals surface area contributed by atoms with Crippen LogP contribution >= 0.6 is 0 Å². The van der Waals surface area contributed by atoms with Crippen molar-refractivity contribution in [2.75, 3.05) is 0 Å². The van der Waals surface area contributed by atoms with Crippen molar-refractivity contribution in [3.05, 3.63) is 70.0 Å². The SMILES string of the molecule is Cn1c2nnnc-2c([O-])n(C)c1=O.Cn1c2nnnc-2c([O-])n(C)c1=O.[Mn+2].[OH3+].[OH3+].[OH3+].[OH3+].[OH3+].[OH3+].c1cc(-c2ccncc2)ccn1. The molecular weight excluding hydrogens is 647 g/mol. The molecule has 0 bridgehead atoms. The summed E-state index contributed by atoms with van der Waals surface area (Å²) in [7, 11) is 5.80. The Morgan fingerprint density at radius 2 is 0.800 bits per heavy atom. The zero-order valence-electron chi connectivity index (χ0n) is 24.5. The van der Waals surface area contributed by atoms with Gasteiger partial charge in [0.15, 0.2) is 11.6 Å². The predicted molar refractivity (Wildman–Crippen MR) is 157 cm³/mol. The molecule has 22 nitrogen and oxygen atoms in total. The van der Waals surface area contributed by atoms with Crippen LogP contribution in [0.25, 0.3) is 34.2 Å². The third kappa shape index (κ3) is 9.36. The molecule has 0 spiro atoms. The Bertz CT molecular complexity index is 1620. The molecule has 0 atom stereocenters. The topological polar surface area (TPSA) is 401 Å². The van der Waals surface area contributed by atoms with Gasteiger partial charge in [0, 0.05) is 53.0 Å². The molecule has 4 aliphatic heterocycles. The van der Waals surface area contributed by atoms with Gasteiger partial charge in [-0.05, 0) is 57.6 Å². The van der Waals surface area contributed by atoms with Gasteiger partial charge in [0.25, 0.3) is 0 Å². The molecule has 2 aromatic heterocycles. The predicted octanol–water partition coefficient (Wildman–Crippen LogP) is -7.22. The van der Waals surface area contributed by atoms with Gasteiger partial charge in [0.05, 0.1) is 0 Å². The summed E-state index contributed by atoms with van der Waals surface area (Å²) in [5.41, 5.74) is 1.72. The van der Waals surface area contributed by atoms with Crippen molar-refractivity contribution in [2.45, 2.75) is 0 Å². The maximum atomic E-state index is 11.4. The molecule has 247 valence electrons. The number of rotatable bonds is 1. The van der Waals surface area contributed by atoms with Gasteiger partial charge < -0.3 is 52.2 Å². The monoisotopic (exact) mass is 685 g/mol. The average Bonchev–Trinajstić information content (AvgIpc) is 3.65. The zero-order chi connectivity index (χ0) is 27.4. The van der Waals surface area contributed by atoms with Gasteiger partial charge in [-0.15, -0.1) is 20.4 Å². The van der Waals surface area contributed by atoms with E-state index in [0.29, 0.717) is 0 Å². The van der Waals surface area contributed by atoms with Crippen molar-refractivity contribution < 1.29 is 60.1 Å². The van der Waals surface area contributed by atoms with E-state index in [1.807, 2.05) is 24.3 Å². The molecule has 6 rings (SSSR count). The number of aromatic nitrogens is 12. The molecule has 2 aromatic rings. The molecule has 45 heavy (non-hydrogen) atoms. The van der Waals surface area contributed by atoms with Gasteiger partial charge in [0.1, 0.15) is 11.4 Å². The molecule has 0 saturated carbocycles. The fraction of sp³-hybridized carbons (Fsp3) is 0.182. The Hall–Kier alpha value is -5.26. The fourth-order valence-corrected chi connectivity index (χ4v) is 3.34. The Balaban J connectivity index is -0.000000260. The fourth-order valence-electron chi connectivity index (χ4n) is 3.34. The summed E-state index contributed by atoms with van der Waals surface area (Å²) < 4.78 is 4.41. The van der Waals surface area contributed by atoms with Crippen LogP contribution in [0, 0.1) is 0 Å². The van der Waals surface area contributed by atoms with Crippen molar-refractivity contribution in [3.63, 3.8) is 0 Å². The van der Waals surface area contributed by atoms with E-state index in [9.17, 15) is 19.8 Å². The quantitative estimate of drug-likeness (QED) is 0.115. The summed E-state index contributed by atoms with van der Waals surface area (Å²) in [5.74, 6) is -0.507. The molecule has 23 heteroatoms. The van der Waals surface area contributed by atoms with Crippen LogP contribution in [0.4, 0.5) is 0 Å². The van der Waals surface area contributed by atoms with Crippen molar-refractivity contribution in [1.82, 2.24) is 59.1 Å². The van der Waals surface area contributed by atoms with Gasteiger partial charge in [-0.1, -0.05) is 0 Å². The third-order valence-electron chi connectivity index (χ3n) is 5.48. The molecular formula is C22H38MnN12O10+6. The molecule has 6 heterocycles. The van der Waals surface area contributed by atoms with E-state index in [-0.39, 0.29) is 73.0 Å². The van der Waals surface area contributed by atoms with E-state index in [4.69, 9.17) is 0 Å². The maximum absolute atomic E-state index is 11.4. The second-order valence-corrected chi connectivity index (χ2v) is 7.81. The third-order valence-corrected chi connectivity index (χ3v) is 5.48. The molecule has 0 aliphatic carbocycles. The molecule has 18 N–H and O–H groups in total. The molecule has 0 aromatic carbocycles. The van der Waals surface area contributed by atoms with Gasteiger partial charge >= 0.3 is 28.4 Å². The summed E-state index contributed by atoms with van der Waals surface area (Å²) in [6.45, 7) is 0. The molecule has 4 aliphatic rings. The Morgan fingerprint density at radius 3 is 1.09 bits per heavy atom. The van der Waals surface area contributed by atoms with E-state index < -0.39 is 23.1 Å². The summed E-state index contributed by atoms with van der Waals surface area (Å²) in [5, 5.41) is 43.6. The van der Waals surface area contributed by atoms with Crippen LogP contribution in [0.5, 0.6) is 11.8 Å². The summed E-state index contributed by atoms with van der Waals surface area (Å²) in [6.07, 6.45) is 7.15. The Labute approximate surface area is 263 Å². The molecule has 0 unspecified atom stereocenters. The number of pyridine rings is 2. The number of nitrogens with zero attached hydrogens (tertiary/aromatic N) is 12. The first-order valence-electron chi connectivity index (χ1n) is 10.9. The average molecular weight is 686 g/mol. The van der Waals surface area contributed by atoms with Crippen LogP contribution in [0.3, 0.4) is 0 Å². The zero-order valence-corrected chi connectivity index (χ0v) is 25.6. The molecule has 0 saturated heterocycles. The van der Waals surface area contributed by atoms with Crippen LogP contribution in [-0.4, -0.2) is 59.1 Å². The van der Waals surface area contributed by atoms with E-state index >= 15 is 0 Å². The van der Waals surface area contributed by atoms with Crippen LogP contribution in [-0.2, 0) is 78.1 Å². The largest absolute Gasteiger partial charge is 2.00 e. The first-order valence-corrected chi connectivity index (χ1v) is 10.9. The molecule has 1 radical (unpaired) electrons. The van der Waals surface area contributed by atoms with Gasteiger partial charge in [0.2, 0.25) is 0 Å². The first-order chi connectivity index (χ1) is 18.2. The van der Waals surface area contributed by atoms with E-state index in [1.54, 1.807) is 24.8 Å². The number of hydrogen-bond donors (Lipinski definition) is 0. The second kappa shape index (κ2) is 19.8. The minimum Gasteiger partial charge on any atom is -0.858 e. The molecule has 0 fully saturated rings. The van der Waals surface area contributed by atoms with Crippen LogP contribution in [0.15, 0.2) is 58.6 Å². The van der Waals surface area contributed by atoms with E-state index in [0.717, 1.165) is 9.13 Å². The van der Waals surface area contributed by atoms with Crippen molar-refractivity contribution in [1.29, 1.82) is 0 Å². The number of hydrogen-bond acceptors (Lipinski definition) is 12. The van der Waals surface area contributed by atoms with Crippen molar-refractivity contribution >= 4 is 0 Å².